The SMILES string of the molecule is COC(=O)CC1CC(=NO)c2ccccc21. The van der Waals surface area contributed by atoms with Gasteiger partial charge in [0, 0.05) is 17.9 Å². The first-order valence-corrected chi connectivity index (χ1v) is 5.13. The van der Waals surface area contributed by atoms with Gasteiger partial charge in [-0.15, -0.1) is 0 Å². The zero-order valence-corrected chi connectivity index (χ0v) is 9.01. The van der Waals surface area contributed by atoms with Crippen LogP contribution in [-0.4, -0.2) is 24.0 Å². The van der Waals surface area contributed by atoms with Crippen molar-refractivity contribution in [2.45, 2.75) is 18.8 Å². The van der Waals surface area contributed by atoms with Crippen LogP contribution in [-0.2, 0) is 9.53 Å². The number of carbonyl (C=O) groups excluding carboxylic acids is 1. The zero-order chi connectivity index (χ0) is 11.5. The van der Waals surface area contributed by atoms with Crippen LogP contribution in [0.2, 0.25) is 0 Å². The van der Waals surface area contributed by atoms with E-state index in [4.69, 9.17) is 5.21 Å². The van der Waals surface area contributed by atoms with Crippen LogP contribution in [0.4, 0.5) is 0 Å². The average Bonchev–Trinajstić information content (AvgIpc) is 2.68. The highest BCUT2D eigenvalue weighted by Gasteiger charge is 2.29. The van der Waals surface area contributed by atoms with Gasteiger partial charge in [-0.25, -0.2) is 0 Å². The Bertz CT molecular complexity index is 440. The number of esters is 1. The molecule has 1 atom stereocenters. The molecule has 0 aliphatic heterocycles. The summed E-state index contributed by atoms with van der Waals surface area (Å²) in [4.78, 5) is 11.2. The Labute approximate surface area is 93.5 Å². The second-order valence-electron chi connectivity index (χ2n) is 3.82. The van der Waals surface area contributed by atoms with Gasteiger partial charge in [0.25, 0.3) is 0 Å². The Hall–Kier alpha value is -1.84. The maximum atomic E-state index is 11.2. The lowest BCUT2D eigenvalue weighted by Gasteiger charge is -2.08. The molecule has 0 amide bonds. The molecule has 0 saturated heterocycles. The minimum Gasteiger partial charge on any atom is -0.469 e. The maximum Gasteiger partial charge on any atom is 0.306 e. The van der Waals surface area contributed by atoms with Gasteiger partial charge in [0.2, 0.25) is 0 Å². The molecular formula is C12H13NO3. The van der Waals surface area contributed by atoms with E-state index in [0.717, 1.165) is 11.1 Å². The van der Waals surface area contributed by atoms with E-state index in [1.54, 1.807) is 0 Å². The van der Waals surface area contributed by atoms with Crippen molar-refractivity contribution in [1.29, 1.82) is 0 Å². The summed E-state index contributed by atoms with van der Waals surface area (Å²) in [6, 6.07) is 7.68. The molecule has 1 aromatic rings. The van der Waals surface area contributed by atoms with Crippen LogP contribution in [0.25, 0.3) is 0 Å². The summed E-state index contributed by atoms with van der Waals surface area (Å²) in [6.45, 7) is 0. The fourth-order valence-electron chi connectivity index (χ4n) is 2.13. The third-order valence-corrected chi connectivity index (χ3v) is 2.91. The predicted molar refractivity (Wildman–Crippen MR) is 58.8 cm³/mol. The van der Waals surface area contributed by atoms with Crippen molar-refractivity contribution in [1.82, 2.24) is 0 Å². The molecule has 0 fully saturated rings. The number of methoxy groups -OCH3 is 1. The lowest BCUT2D eigenvalue weighted by Crippen LogP contribution is -2.06. The summed E-state index contributed by atoms with van der Waals surface area (Å²) in [5, 5.41) is 12.2. The Balaban J connectivity index is 2.29. The van der Waals surface area contributed by atoms with Gasteiger partial charge in [-0.3, -0.25) is 4.79 Å². The molecular weight excluding hydrogens is 206 g/mol. The van der Waals surface area contributed by atoms with Gasteiger partial charge in [0.05, 0.1) is 19.2 Å². The molecule has 4 heteroatoms. The molecule has 0 aromatic heterocycles. The van der Waals surface area contributed by atoms with Crippen molar-refractivity contribution in [3.8, 4) is 0 Å². The van der Waals surface area contributed by atoms with E-state index in [1.165, 1.54) is 7.11 Å². The van der Waals surface area contributed by atoms with Crippen LogP contribution in [0.3, 0.4) is 0 Å². The van der Waals surface area contributed by atoms with Gasteiger partial charge in [-0.2, -0.15) is 0 Å². The Morgan fingerprint density at radius 3 is 3.00 bits per heavy atom. The van der Waals surface area contributed by atoms with E-state index in [9.17, 15) is 4.79 Å². The number of hydrogen-bond acceptors (Lipinski definition) is 4. The van der Waals surface area contributed by atoms with Crippen LogP contribution >= 0.6 is 0 Å². The molecule has 0 radical (unpaired) electrons. The van der Waals surface area contributed by atoms with Gasteiger partial charge in [-0.1, -0.05) is 29.4 Å². The molecule has 0 bridgehead atoms. The quantitative estimate of drug-likeness (QED) is 0.469. The normalized spacial score (nSPS) is 20.8. The second-order valence-corrected chi connectivity index (χ2v) is 3.82. The van der Waals surface area contributed by atoms with E-state index in [2.05, 4.69) is 9.89 Å². The lowest BCUT2D eigenvalue weighted by molar-refractivity contribution is -0.141. The number of benzene rings is 1. The molecule has 4 nitrogen and oxygen atoms in total. The van der Waals surface area contributed by atoms with E-state index in [0.29, 0.717) is 18.6 Å². The number of rotatable bonds is 2. The first kappa shape index (κ1) is 10.7. The number of ether oxygens (including phenoxy) is 1. The Kier molecular flexibility index (Phi) is 2.90. The average molecular weight is 219 g/mol. The number of hydrogen-bond donors (Lipinski definition) is 1. The first-order valence-electron chi connectivity index (χ1n) is 5.13. The van der Waals surface area contributed by atoms with Crippen LogP contribution < -0.4 is 0 Å². The fourth-order valence-corrected chi connectivity index (χ4v) is 2.13. The Morgan fingerprint density at radius 1 is 1.56 bits per heavy atom. The summed E-state index contributed by atoms with van der Waals surface area (Å²) in [7, 11) is 1.38. The number of oxime groups is 1. The van der Waals surface area contributed by atoms with Crippen LogP contribution in [0.5, 0.6) is 0 Å². The molecule has 16 heavy (non-hydrogen) atoms. The van der Waals surface area contributed by atoms with Crippen molar-refractivity contribution < 1.29 is 14.7 Å². The van der Waals surface area contributed by atoms with Gasteiger partial charge in [-0.05, 0) is 5.56 Å². The van der Waals surface area contributed by atoms with Crippen LogP contribution in [0, 0.1) is 0 Å². The topological polar surface area (TPSA) is 58.9 Å². The van der Waals surface area contributed by atoms with Crippen molar-refractivity contribution in [2.24, 2.45) is 5.16 Å². The summed E-state index contributed by atoms with van der Waals surface area (Å²) >= 11 is 0. The van der Waals surface area contributed by atoms with Crippen molar-refractivity contribution in [2.75, 3.05) is 7.11 Å². The summed E-state index contributed by atoms with van der Waals surface area (Å²) in [5.74, 6) is -0.173. The molecule has 1 unspecified atom stereocenters. The molecule has 1 aromatic carbocycles. The highest BCUT2D eigenvalue weighted by Crippen LogP contribution is 2.35. The lowest BCUT2D eigenvalue weighted by atomic mass is 9.98. The number of fused-ring (bicyclic) bond motifs is 1. The van der Waals surface area contributed by atoms with Crippen molar-refractivity contribution in [3.05, 3.63) is 35.4 Å². The second kappa shape index (κ2) is 4.35. The minimum atomic E-state index is -0.237. The summed E-state index contributed by atoms with van der Waals surface area (Å²) < 4.78 is 4.65. The molecule has 0 saturated carbocycles. The summed E-state index contributed by atoms with van der Waals surface area (Å²) in [6.07, 6.45) is 0.914. The number of nitrogens with zero attached hydrogens (tertiary/aromatic N) is 1. The third-order valence-electron chi connectivity index (χ3n) is 2.91. The van der Waals surface area contributed by atoms with Gasteiger partial charge in [0.15, 0.2) is 0 Å². The van der Waals surface area contributed by atoms with Crippen molar-refractivity contribution >= 4 is 11.7 Å². The molecule has 0 spiro atoms. The molecule has 2 rings (SSSR count). The number of carbonyl (C=O) groups is 1. The largest absolute Gasteiger partial charge is 0.469 e. The minimum absolute atomic E-state index is 0.0644. The zero-order valence-electron chi connectivity index (χ0n) is 9.01. The molecule has 1 N–H and O–H groups in total. The molecule has 1 aliphatic carbocycles. The third kappa shape index (κ3) is 1.78. The Morgan fingerprint density at radius 2 is 2.31 bits per heavy atom. The highest BCUT2D eigenvalue weighted by atomic mass is 16.5. The molecule has 1 aliphatic rings. The van der Waals surface area contributed by atoms with E-state index < -0.39 is 0 Å². The molecule has 84 valence electrons. The first-order chi connectivity index (χ1) is 7.76. The van der Waals surface area contributed by atoms with E-state index in [-0.39, 0.29) is 11.9 Å². The smallest absolute Gasteiger partial charge is 0.306 e. The highest BCUT2D eigenvalue weighted by molar-refractivity contribution is 6.05. The van der Waals surface area contributed by atoms with Gasteiger partial charge >= 0.3 is 5.97 Å². The van der Waals surface area contributed by atoms with Crippen LogP contribution in [0.1, 0.15) is 29.9 Å². The maximum absolute atomic E-state index is 11.2. The molecule has 0 heterocycles. The monoisotopic (exact) mass is 219 g/mol. The van der Waals surface area contributed by atoms with Gasteiger partial charge in [0.1, 0.15) is 0 Å². The van der Waals surface area contributed by atoms with Crippen LogP contribution in [0.15, 0.2) is 29.4 Å². The standard InChI is InChI=1S/C12H13NO3/c1-16-12(14)7-8-6-11(13-15)10-5-3-2-4-9(8)10/h2-5,8,15H,6-7H2,1H3. The fraction of sp³-hybridized carbons (Fsp3) is 0.333. The predicted octanol–water partition coefficient (Wildman–Crippen LogP) is 1.92. The van der Waals surface area contributed by atoms with Crippen molar-refractivity contribution in [3.63, 3.8) is 0 Å². The van der Waals surface area contributed by atoms with E-state index >= 15 is 0 Å². The summed E-state index contributed by atoms with van der Waals surface area (Å²) in [5.41, 5.74) is 2.63. The van der Waals surface area contributed by atoms with Gasteiger partial charge < -0.3 is 9.94 Å². The van der Waals surface area contributed by atoms with E-state index in [1.807, 2.05) is 24.3 Å².